The summed E-state index contributed by atoms with van der Waals surface area (Å²) in [7, 11) is 0. The van der Waals surface area contributed by atoms with E-state index in [0.717, 1.165) is 0 Å². The van der Waals surface area contributed by atoms with Crippen LogP contribution in [0.4, 0.5) is 13.2 Å². The fraction of sp³-hybridized carbons (Fsp3) is 0.643. The van der Waals surface area contributed by atoms with Crippen molar-refractivity contribution in [3.63, 3.8) is 0 Å². The van der Waals surface area contributed by atoms with Crippen LogP contribution in [-0.2, 0) is 15.1 Å². The normalized spacial score (nSPS) is 24.0. The highest BCUT2D eigenvalue weighted by Gasteiger charge is 2.58. The van der Waals surface area contributed by atoms with Crippen LogP contribution >= 0.6 is 0 Å². The first kappa shape index (κ1) is 15.9. The molecule has 1 aliphatic heterocycles. The van der Waals surface area contributed by atoms with Gasteiger partial charge < -0.3 is 9.30 Å². The maximum absolute atomic E-state index is 13.6. The minimum Gasteiger partial charge on any atom is -0.464 e. The summed E-state index contributed by atoms with van der Waals surface area (Å²) in [5.74, 6) is -0.537. The molecule has 1 aromatic rings. The maximum Gasteiger partial charge on any atom is 0.412 e. The molecule has 21 heavy (non-hydrogen) atoms. The van der Waals surface area contributed by atoms with Crippen LogP contribution in [0, 0.1) is 0 Å². The van der Waals surface area contributed by atoms with Crippen molar-refractivity contribution in [3.05, 3.63) is 24.0 Å². The monoisotopic (exact) mass is 304 g/mol. The first-order valence-electron chi connectivity index (χ1n) is 6.99. The fourth-order valence-electron chi connectivity index (χ4n) is 2.82. The molecule has 2 unspecified atom stereocenters. The number of carbonyl (C=O) groups excluding carboxylic acids is 1. The summed E-state index contributed by atoms with van der Waals surface area (Å²) in [5.41, 5.74) is -2.02. The first-order chi connectivity index (χ1) is 9.83. The van der Waals surface area contributed by atoms with Crippen molar-refractivity contribution in [3.8, 4) is 0 Å². The van der Waals surface area contributed by atoms with Crippen LogP contribution in [0.2, 0.25) is 0 Å². The minimum absolute atomic E-state index is 0.0317. The van der Waals surface area contributed by atoms with Crippen molar-refractivity contribution >= 4 is 5.97 Å². The van der Waals surface area contributed by atoms with Crippen molar-refractivity contribution in [2.24, 2.45) is 0 Å². The summed E-state index contributed by atoms with van der Waals surface area (Å²) in [6, 6.07) is 2.15. The maximum atomic E-state index is 13.6. The van der Waals surface area contributed by atoms with Gasteiger partial charge in [-0.25, -0.2) is 4.79 Å². The number of ether oxygens (including phenoxy) is 1. The predicted octanol–water partition coefficient (Wildman–Crippen LogP) is 2.75. The van der Waals surface area contributed by atoms with E-state index in [2.05, 4.69) is 5.32 Å². The molecule has 1 N–H and O–H groups in total. The smallest absolute Gasteiger partial charge is 0.412 e. The molecule has 1 aromatic heterocycles. The van der Waals surface area contributed by atoms with Crippen LogP contribution in [0.25, 0.3) is 0 Å². The van der Waals surface area contributed by atoms with E-state index < -0.39 is 23.7 Å². The second-order valence-electron chi connectivity index (χ2n) is 5.16. The summed E-state index contributed by atoms with van der Waals surface area (Å²) in [6.07, 6.45) is -2.52. The molecule has 0 saturated carbocycles. The van der Waals surface area contributed by atoms with Crippen LogP contribution < -0.4 is 5.32 Å². The number of rotatable bonds is 4. The van der Waals surface area contributed by atoms with E-state index in [4.69, 9.17) is 4.74 Å². The Hall–Kier alpha value is -1.50. The van der Waals surface area contributed by atoms with E-state index in [9.17, 15) is 18.0 Å². The first-order valence-corrected chi connectivity index (χ1v) is 6.99. The summed E-state index contributed by atoms with van der Waals surface area (Å²) < 4.78 is 47.0. The Morgan fingerprint density at radius 1 is 1.57 bits per heavy atom. The van der Waals surface area contributed by atoms with Crippen molar-refractivity contribution in [2.45, 2.75) is 44.4 Å². The third-order valence-corrected chi connectivity index (χ3v) is 3.90. The number of nitrogens with zero attached hydrogens (tertiary/aromatic N) is 1. The van der Waals surface area contributed by atoms with Gasteiger partial charge in [0.15, 0.2) is 5.54 Å². The molecule has 1 fully saturated rings. The van der Waals surface area contributed by atoms with Gasteiger partial charge in [0.1, 0.15) is 6.04 Å². The van der Waals surface area contributed by atoms with Crippen molar-refractivity contribution in [2.75, 3.05) is 13.2 Å². The minimum atomic E-state index is -4.42. The number of hydrogen-bond donors (Lipinski definition) is 1. The largest absolute Gasteiger partial charge is 0.464 e. The van der Waals surface area contributed by atoms with Crippen LogP contribution in [-0.4, -0.2) is 29.9 Å². The Balaban J connectivity index is 2.41. The number of nitrogens with one attached hydrogen (secondary N) is 1. The summed E-state index contributed by atoms with van der Waals surface area (Å²) in [5, 5.41) is 2.58. The molecular weight excluding hydrogens is 285 g/mol. The summed E-state index contributed by atoms with van der Waals surface area (Å²) in [4.78, 5) is 11.8. The lowest BCUT2D eigenvalue weighted by atomic mass is 9.92. The van der Waals surface area contributed by atoms with Gasteiger partial charge in [0, 0.05) is 11.9 Å². The van der Waals surface area contributed by atoms with Gasteiger partial charge in [0.25, 0.3) is 0 Å². The molecule has 0 spiro atoms. The quantitative estimate of drug-likeness (QED) is 0.870. The van der Waals surface area contributed by atoms with E-state index >= 15 is 0 Å². The van der Waals surface area contributed by atoms with E-state index in [1.807, 2.05) is 0 Å². The Labute approximate surface area is 121 Å². The van der Waals surface area contributed by atoms with Gasteiger partial charge in [-0.15, -0.1) is 0 Å². The third kappa shape index (κ3) is 2.66. The SMILES string of the molecule is CCOC(=O)C(C)n1cccc1C1(C(F)(F)F)CCCN1. The number of aromatic nitrogens is 1. The van der Waals surface area contributed by atoms with Gasteiger partial charge in [-0.05, 0) is 45.4 Å². The molecule has 1 saturated heterocycles. The average molecular weight is 304 g/mol. The lowest BCUT2D eigenvalue weighted by Crippen LogP contribution is -2.51. The molecular formula is C14H19F3N2O2. The van der Waals surface area contributed by atoms with Gasteiger partial charge in [0.05, 0.1) is 6.61 Å². The molecule has 2 rings (SSSR count). The Morgan fingerprint density at radius 2 is 2.29 bits per heavy atom. The summed E-state index contributed by atoms with van der Waals surface area (Å²) in [6.45, 7) is 3.71. The molecule has 0 amide bonds. The molecule has 7 heteroatoms. The van der Waals surface area contributed by atoms with Gasteiger partial charge >= 0.3 is 12.1 Å². The zero-order valence-corrected chi connectivity index (χ0v) is 12.0. The highest BCUT2D eigenvalue weighted by atomic mass is 19.4. The topological polar surface area (TPSA) is 43.3 Å². The van der Waals surface area contributed by atoms with Gasteiger partial charge in [0.2, 0.25) is 0 Å². The van der Waals surface area contributed by atoms with Crippen molar-refractivity contribution in [1.29, 1.82) is 0 Å². The Bertz CT molecular complexity index is 505. The highest BCUT2D eigenvalue weighted by Crippen LogP contribution is 2.45. The predicted molar refractivity (Wildman–Crippen MR) is 70.7 cm³/mol. The number of hydrogen-bond acceptors (Lipinski definition) is 3. The molecule has 0 bridgehead atoms. The standard InChI is InChI=1S/C14H19F3N2O2/c1-3-21-12(20)10(2)19-9-4-6-11(19)13(14(15,16)17)7-5-8-18-13/h4,6,9-10,18H,3,5,7-8H2,1-2H3. The number of halogens is 3. The number of alkyl halides is 3. The molecule has 0 radical (unpaired) electrons. The molecule has 1 aliphatic rings. The van der Waals surface area contributed by atoms with E-state index in [0.29, 0.717) is 13.0 Å². The second-order valence-corrected chi connectivity index (χ2v) is 5.16. The zero-order valence-electron chi connectivity index (χ0n) is 12.0. The van der Waals surface area contributed by atoms with Gasteiger partial charge in [-0.3, -0.25) is 5.32 Å². The van der Waals surface area contributed by atoms with Crippen molar-refractivity contribution in [1.82, 2.24) is 9.88 Å². The second kappa shape index (κ2) is 5.71. The lowest BCUT2D eigenvalue weighted by molar-refractivity contribution is -0.198. The lowest BCUT2D eigenvalue weighted by Gasteiger charge is -2.34. The van der Waals surface area contributed by atoms with Gasteiger partial charge in [-0.2, -0.15) is 13.2 Å². The van der Waals surface area contributed by atoms with Crippen molar-refractivity contribution < 1.29 is 22.7 Å². The van der Waals surface area contributed by atoms with Crippen LogP contribution in [0.5, 0.6) is 0 Å². The van der Waals surface area contributed by atoms with Crippen LogP contribution in [0.1, 0.15) is 38.4 Å². The van der Waals surface area contributed by atoms with E-state index in [1.54, 1.807) is 13.8 Å². The molecule has 0 aliphatic carbocycles. The molecule has 4 nitrogen and oxygen atoms in total. The third-order valence-electron chi connectivity index (χ3n) is 3.90. The Morgan fingerprint density at radius 3 is 2.81 bits per heavy atom. The number of carbonyl (C=O) groups is 1. The molecule has 2 atom stereocenters. The highest BCUT2D eigenvalue weighted by molar-refractivity contribution is 5.74. The van der Waals surface area contributed by atoms with E-state index in [-0.39, 0.29) is 18.7 Å². The zero-order chi connectivity index (χ0) is 15.7. The average Bonchev–Trinajstić information content (AvgIpc) is 3.06. The van der Waals surface area contributed by atoms with Crippen LogP contribution in [0.15, 0.2) is 18.3 Å². The molecule has 0 aromatic carbocycles. The fourth-order valence-corrected chi connectivity index (χ4v) is 2.82. The van der Waals surface area contributed by atoms with E-state index in [1.165, 1.54) is 22.9 Å². The Kier molecular flexibility index (Phi) is 4.32. The molecule has 118 valence electrons. The molecule has 2 heterocycles. The number of esters is 1. The van der Waals surface area contributed by atoms with Gasteiger partial charge in [-0.1, -0.05) is 0 Å². The van der Waals surface area contributed by atoms with Crippen LogP contribution in [0.3, 0.4) is 0 Å². The summed E-state index contributed by atoms with van der Waals surface area (Å²) >= 11 is 0.